The Bertz CT molecular complexity index is 2070. The Labute approximate surface area is 329 Å². The van der Waals surface area contributed by atoms with Gasteiger partial charge in [-0.3, -0.25) is 14.4 Å². The summed E-state index contributed by atoms with van der Waals surface area (Å²) < 4.78 is 18.1. The van der Waals surface area contributed by atoms with Crippen LogP contribution in [0, 0.1) is 18.3 Å². The number of carbonyl (C=O) groups excluding carboxylic acids is 4. The second-order valence-electron chi connectivity index (χ2n) is 16.3. The van der Waals surface area contributed by atoms with E-state index in [1.54, 1.807) is 24.6 Å². The summed E-state index contributed by atoms with van der Waals surface area (Å²) in [6, 6.07) is 3.09. The van der Waals surface area contributed by atoms with E-state index in [4.69, 9.17) is 19.2 Å². The average Bonchev–Trinajstić information content (AvgIpc) is 3.46. The zero-order valence-electron chi connectivity index (χ0n) is 32.8. The molecule has 2 saturated carbocycles. The highest BCUT2D eigenvalue weighted by Gasteiger charge is 2.61. The number of hydrogen-bond donors (Lipinski definition) is 4. The van der Waals surface area contributed by atoms with Crippen LogP contribution in [0.5, 0.6) is 11.5 Å². The molecular formula is C40H50N6O9S. The summed E-state index contributed by atoms with van der Waals surface area (Å²) in [7, 11) is 1.56. The van der Waals surface area contributed by atoms with Crippen LogP contribution in [-0.2, 0) is 23.9 Å². The summed E-state index contributed by atoms with van der Waals surface area (Å²) >= 11 is 1.24. The van der Waals surface area contributed by atoms with Gasteiger partial charge in [0.2, 0.25) is 17.7 Å². The Morgan fingerprint density at radius 1 is 1.11 bits per heavy atom. The molecule has 1 saturated heterocycles. The van der Waals surface area contributed by atoms with E-state index >= 15 is 0 Å². The molecule has 6 rings (SSSR count). The number of rotatable bonds is 12. The quantitative estimate of drug-likeness (QED) is 0.167. The molecule has 1 aromatic carbocycles. The van der Waals surface area contributed by atoms with Crippen molar-refractivity contribution in [2.24, 2.45) is 11.3 Å². The van der Waals surface area contributed by atoms with Crippen LogP contribution < -0.4 is 25.4 Å². The number of fused-ring (bicyclic) bond motifs is 1. The topological polar surface area (TPSA) is 198 Å². The number of benzene rings is 1. The maximum Gasteiger partial charge on any atom is 0.408 e. The molecule has 5 atom stereocenters. The largest absolute Gasteiger partial charge is 0.496 e. The first-order valence-electron chi connectivity index (χ1n) is 18.7. The van der Waals surface area contributed by atoms with Gasteiger partial charge >= 0.3 is 12.1 Å². The Kier molecular flexibility index (Phi) is 11.1. The molecule has 56 heavy (non-hydrogen) atoms. The van der Waals surface area contributed by atoms with Crippen LogP contribution in [0.25, 0.3) is 22.3 Å². The lowest BCUT2D eigenvalue weighted by molar-refractivity contribution is -0.146. The predicted octanol–water partition coefficient (Wildman–Crippen LogP) is 5.60. The monoisotopic (exact) mass is 790 g/mol. The van der Waals surface area contributed by atoms with Crippen LogP contribution in [0.1, 0.15) is 78.7 Å². The first-order valence-corrected chi connectivity index (χ1v) is 19.6. The molecular weight excluding hydrogens is 741 g/mol. The van der Waals surface area contributed by atoms with E-state index in [1.807, 2.05) is 40.7 Å². The number of anilines is 1. The fraction of sp³-hybridized carbons (Fsp3) is 0.525. The summed E-state index contributed by atoms with van der Waals surface area (Å²) in [5.74, 6) is -2.12. The number of nitrogens with one attached hydrogen (secondary N) is 3. The fourth-order valence-corrected chi connectivity index (χ4v) is 8.46. The molecule has 2 aliphatic carbocycles. The van der Waals surface area contributed by atoms with Gasteiger partial charge in [0, 0.05) is 41.7 Å². The fourth-order valence-electron chi connectivity index (χ4n) is 7.71. The Morgan fingerprint density at radius 2 is 1.82 bits per heavy atom. The summed E-state index contributed by atoms with van der Waals surface area (Å²) in [5.41, 5.74) is -0.722. The van der Waals surface area contributed by atoms with Crippen molar-refractivity contribution in [1.29, 1.82) is 0 Å². The molecule has 16 heteroatoms. The molecule has 5 unspecified atom stereocenters. The molecule has 0 spiro atoms. The Hall–Kier alpha value is -5.25. The average molecular weight is 791 g/mol. The third-order valence-corrected chi connectivity index (χ3v) is 11.7. The number of aromatic nitrogens is 2. The molecule has 3 aromatic rings. The standard InChI is InChI=1S/C40H50N6O9S/c1-9-23-18-40(23,35(50)51)45-33(48)28-16-24(19-46(28)34(49)32(38(4,5)6)44-37(52)55-39(7)14-10-11-15-39)54-30-17-26(27-20-56-36(43-27)41-22(3)47)42-31-21(2)29(53-8)13-12-25(30)31/h9,12-13,17,20,23-24,28,32H,1,10-11,14-16,18-19H2,2-8H3,(H,44,52)(H,45,48)(H,50,51)(H,41,43,47). The normalized spacial score (nSPS) is 23.2. The number of thiazole rings is 1. The maximum atomic E-state index is 14.7. The molecule has 3 aliphatic rings. The minimum Gasteiger partial charge on any atom is -0.496 e. The molecule has 3 heterocycles. The number of pyridine rings is 1. The van der Waals surface area contributed by atoms with Gasteiger partial charge in [-0.15, -0.1) is 17.9 Å². The number of likely N-dealkylation sites (tertiary alicyclic amines) is 1. The number of carboxylic acid groups (broad SMARTS) is 1. The smallest absolute Gasteiger partial charge is 0.408 e. The predicted molar refractivity (Wildman–Crippen MR) is 210 cm³/mol. The van der Waals surface area contributed by atoms with Gasteiger partial charge < -0.3 is 40.2 Å². The van der Waals surface area contributed by atoms with Crippen molar-refractivity contribution in [1.82, 2.24) is 25.5 Å². The van der Waals surface area contributed by atoms with Gasteiger partial charge in [0.1, 0.15) is 46.5 Å². The van der Waals surface area contributed by atoms with Crippen molar-refractivity contribution in [3.8, 4) is 22.9 Å². The minimum absolute atomic E-state index is 0.0169. The SMILES string of the molecule is C=CC1CC1(NC(=O)C1CC(Oc2cc(-c3csc(NC(C)=O)n3)nc3c(C)c(OC)ccc23)CN1C(=O)C(NC(=O)OC1(C)CCCC1)C(C)(C)C)C(=O)O. The highest BCUT2D eigenvalue weighted by Crippen LogP contribution is 2.45. The summed E-state index contributed by atoms with van der Waals surface area (Å²) in [6.45, 7) is 14.2. The van der Waals surface area contributed by atoms with Crippen molar-refractivity contribution >= 4 is 57.2 Å². The number of methoxy groups -OCH3 is 1. The van der Waals surface area contributed by atoms with Gasteiger partial charge in [0.05, 0.1) is 24.9 Å². The Morgan fingerprint density at radius 3 is 2.43 bits per heavy atom. The number of alkyl carbamates (subject to hydrolysis) is 1. The summed E-state index contributed by atoms with van der Waals surface area (Å²) in [5, 5.41) is 21.1. The molecule has 1 aliphatic heterocycles. The second kappa shape index (κ2) is 15.4. The number of nitrogens with zero attached hydrogens (tertiary/aromatic N) is 3. The van der Waals surface area contributed by atoms with E-state index in [1.165, 1.54) is 29.2 Å². The van der Waals surface area contributed by atoms with Crippen LogP contribution in [0.15, 0.2) is 36.2 Å². The first-order chi connectivity index (χ1) is 26.4. The maximum absolute atomic E-state index is 14.7. The zero-order chi connectivity index (χ0) is 40.7. The lowest BCUT2D eigenvalue weighted by Crippen LogP contribution is -2.59. The number of hydrogen-bond acceptors (Lipinski definition) is 11. The van der Waals surface area contributed by atoms with Crippen molar-refractivity contribution in [2.45, 2.75) is 109 Å². The third kappa shape index (κ3) is 8.15. The lowest BCUT2D eigenvalue weighted by atomic mass is 9.85. The molecule has 3 fully saturated rings. The van der Waals surface area contributed by atoms with Crippen LogP contribution in [0.4, 0.5) is 9.93 Å². The second-order valence-corrected chi connectivity index (χ2v) is 17.2. The number of aryl methyl sites for hydroxylation is 1. The van der Waals surface area contributed by atoms with Crippen LogP contribution in [0.3, 0.4) is 0 Å². The van der Waals surface area contributed by atoms with Gasteiger partial charge in [-0.1, -0.05) is 26.8 Å². The summed E-state index contributed by atoms with van der Waals surface area (Å²) in [6.07, 6.45) is 3.52. The molecule has 4 N–H and O–H groups in total. The van der Waals surface area contributed by atoms with E-state index in [9.17, 15) is 29.1 Å². The van der Waals surface area contributed by atoms with Crippen molar-refractivity contribution in [2.75, 3.05) is 19.0 Å². The zero-order valence-corrected chi connectivity index (χ0v) is 33.6. The van der Waals surface area contributed by atoms with Gasteiger partial charge in [-0.2, -0.15) is 0 Å². The molecule has 2 aromatic heterocycles. The van der Waals surface area contributed by atoms with Crippen molar-refractivity contribution < 1.29 is 43.3 Å². The first kappa shape index (κ1) is 40.4. The molecule has 0 bridgehead atoms. The highest BCUT2D eigenvalue weighted by atomic mass is 32.1. The van der Waals surface area contributed by atoms with Gasteiger partial charge in [-0.05, 0) is 63.5 Å². The van der Waals surface area contributed by atoms with Crippen LogP contribution in [0.2, 0.25) is 0 Å². The van der Waals surface area contributed by atoms with Crippen LogP contribution in [-0.4, -0.2) is 92.7 Å². The molecule has 4 amide bonds. The number of carboxylic acids is 1. The number of ether oxygens (including phenoxy) is 3. The van der Waals surface area contributed by atoms with E-state index in [2.05, 4.69) is 27.5 Å². The highest BCUT2D eigenvalue weighted by molar-refractivity contribution is 7.14. The molecule has 15 nitrogen and oxygen atoms in total. The number of amides is 4. The lowest BCUT2D eigenvalue weighted by Gasteiger charge is -2.36. The van der Waals surface area contributed by atoms with Gasteiger partial charge in [0.25, 0.3) is 0 Å². The van der Waals surface area contributed by atoms with Crippen molar-refractivity contribution in [3.63, 3.8) is 0 Å². The van der Waals surface area contributed by atoms with E-state index in [0.29, 0.717) is 38.9 Å². The Balaban J connectivity index is 1.35. The van der Waals surface area contributed by atoms with Crippen molar-refractivity contribution in [3.05, 3.63) is 41.8 Å². The van der Waals surface area contributed by atoms with E-state index < -0.39 is 64.5 Å². The minimum atomic E-state index is -1.54. The third-order valence-electron chi connectivity index (χ3n) is 11.0. The van der Waals surface area contributed by atoms with Gasteiger partial charge in [0.15, 0.2) is 5.13 Å². The molecule has 300 valence electrons. The van der Waals surface area contributed by atoms with Gasteiger partial charge in [-0.25, -0.2) is 19.6 Å². The van der Waals surface area contributed by atoms with E-state index in [-0.39, 0.29) is 25.3 Å². The number of aliphatic carboxylic acids is 1. The van der Waals surface area contributed by atoms with Crippen LogP contribution >= 0.6 is 11.3 Å². The van der Waals surface area contributed by atoms with E-state index in [0.717, 1.165) is 31.2 Å². The molecule has 0 radical (unpaired) electrons. The number of carbonyl (C=O) groups is 5. The summed E-state index contributed by atoms with van der Waals surface area (Å²) in [4.78, 5) is 77.0.